The molecule has 0 saturated carbocycles. The molecule has 0 aliphatic heterocycles. The van der Waals surface area contributed by atoms with Gasteiger partial charge < -0.3 is 15.4 Å². The molecule has 1 aromatic carbocycles. The number of hydrogen-bond acceptors (Lipinski definition) is 3. The molecule has 0 fully saturated rings. The minimum atomic E-state index is -0.528. The highest BCUT2D eigenvalue weighted by Crippen LogP contribution is 2.23. The third kappa shape index (κ3) is 7.08. The van der Waals surface area contributed by atoms with Crippen LogP contribution in [0.2, 0.25) is 5.02 Å². The van der Waals surface area contributed by atoms with E-state index in [0.29, 0.717) is 24.7 Å². The molecule has 0 aromatic heterocycles. The smallest absolute Gasteiger partial charge is 0.407 e. The van der Waals surface area contributed by atoms with E-state index in [4.69, 9.17) is 16.3 Å². The average Bonchev–Trinajstić information content (AvgIpc) is 2.40. The predicted molar refractivity (Wildman–Crippen MR) is 92.5 cm³/mol. The second-order valence-electron chi connectivity index (χ2n) is 6.87. The monoisotopic (exact) mass is 344 g/mol. The molecule has 0 aliphatic rings. The van der Waals surface area contributed by atoms with Crippen molar-refractivity contribution >= 4 is 23.4 Å². The van der Waals surface area contributed by atoms with Crippen molar-refractivity contribution in [2.24, 2.45) is 11.8 Å². The van der Waals surface area contributed by atoms with Crippen molar-refractivity contribution in [1.82, 2.24) is 5.32 Å². The van der Waals surface area contributed by atoms with Gasteiger partial charge in [-0.15, -0.1) is 0 Å². The Hall–Kier alpha value is -1.49. The SMILES string of the molecule is CC(C)C(CNC(=O)OC(C)(C)C)CNc1cccc(Cl)c1F. The summed E-state index contributed by atoms with van der Waals surface area (Å²) in [7, 11) is 0. The number of halogens is 2. The quantitative estimate of drug-likeness (QED) is 0.787. The number of carbonyl (C=O) groups excluding carboxylic acids is 1. The van der Waals surface area contributed by atoms with E-state index in [2.05, 4.69) is 24.5 Å². The minimum absolute atomic E-state index is 0.0861. The highest BCUT2D eigenvalue weighted by atomic mass is 35.5. The Kier molecular flexibility index (Phi) is 7.13. The highest BCUT2D eigenvalue weighted by molar-refractivity contribution is 6.31. The first kappa shape index (κ1) is 19.6. The number of hydrogen-bond donors (Lipinski definition) is 2. The first-order valence-electron chi connectivity index (χ1n) is 7.75. The lowest BCUT2D eigenvalue weighted by atomic mass is 9.95. The number of carbonyl (C=O) groups is 1. The van der Waals surface area contributed by atoms with Crippen molar-refractivity contribution in [2.45, 2.75) is 40.2 Å². The van der Waals surface area contributed by atoms with Crippen molar-refractivity contribution < 1.29 is 13.9 Å². The van der Waals surface area contributed by atoms with Crippen LogP contribution in [0.1, 0.15) is 34.6 Å². The molecule has 23 heavy (non-hydrogen) atoms. The summed E-state index contributed by atoms with van der Waals surface area (Å²) in [6.45, 7) is 10.5. The van der Waals surface area contributed by atoms with Crippen LogP contribution in [0, 0.1) is 17.7 Å². The molecule has 2 N–H and O–H groups in total. The molecule has 6 heteroatoms. The molecule has 4 nitrogen and oxygen atoms in total. The Labute approximate surface area is 142 Å². The summed E-state index contributed by atoms with van der Waals surface area (Å²) in [6.07, 6.45) is -0.447. The summed E-state index contributed by atoms with van der Waals surface area (Å²) in [5.41, 5.74) is -0.167. The molecule has 1 amide bonds. The second-order valence-corrected chi connectivity index (χ2v) is 7.28. The zero-order valence-corrected chi connectivity index (χ0v) is 15.1. The Morgan fingerprint density at radius 2 is 1.96 bits per heavy atom. The number of alkyl carbamates (subject to hydrolysis) is 1. The topological polar surface area (TPSA) is 50.4 Å². The van der Waals surface area contributed by atoms with Gasteiger partial charge in [-0.3, -0.25) is 0 Å². The van der Waals surface area contributed by atoms with Gasteiger partial charge in [0, 0.05) is 13.1 Å². The Balaban J connectivity index is 2.56. The largest absolute Gasteiger partial charge is 0.444 e. The van der Waals surface area contributed by atoms with Crippen LogP contribution in [0.3, 0.4) is 0 Å². The van der Waals surface area contributed by atoms with Crippen LogP contribution < -0.4 is 10.6 Å². The Morgan fingerprint density at radius 1 is 1.30 bits per heavy atom. The molecule has 0 aliphatic carbocycles. The highest BCUT2D eigenvalue weighted by Gasteiger charge is 2.19. The summed E-state index contributed by atoms with van der Waals surface area (Å²) in [4.78, 5) is 11.7. The third-order valence-corrected chi connectivity index (χ3v) is 3.65. The van der Waals surface area contributed by atoms with Gasteiger partial charge in [0.05, 0.1) is 10.7 Å². The van der Waals surface area contributed by atoms with Gasteiger partial charge in [-0.05, 0) is 44.7 Å². The standard InChI is InChI=1S/C17H26ClFN2O2/c1-11(2)12(10-21-16(22)23-17(3,4)5)9-20-14-8-6-7-13(18)15(14)19/h6-8,11-12,20H,9-10H2,1-5H3,(H,21,22). The average molecular weight is 345 g/mol. The zero-order valence-electron chi connectivity index (χ0n) is 14.4. The number of amides is 1. The number of anilines is 1. The second kappa shape index (κ2) is 8.39. The maximum absolute atomic E-state index is 13.9. The van der Waals surface area contributed by atoms with Gasteiger partial charge in [-0.2, -0.15) is 0 Å². The Morgan fingerprint density at radius 3 is 2.52 bits per heavy atom. The van der Waals surface area contributed by atoms with Crippen molar-refractivity contribution in [2.75, 3.05) is 18.4 Å². The van der Waals surface area contributed by atoms with Gasteiger partial charge in [0.1, 0.15) is 5.60 Å². The van der Waals surface area contributed by atoms with Crippen LogP contribution in [0.5, 0.6) is 0 Å². The number of benzene rings is 1. The van der Waals surface area contributed by atoms with Gasteiger partial charge in [0.25, 0.3) is 0 Å². The molecule has 1 atom stereocenters. The van der Waals surface area contributed by atoms with E-state index in [-0.39, 0.29) is 10.9 Å². The van der Waals surface area contributed by atoms with Crippen molar-refractivity contribution in [1.29, 1.82) is 0 Å². The minimum Gasteiger partial charge on any atom is -0.444 e. The maximum Gasteiger partial charge on any atom is 0.407 e. The molecule has 130 valence electrons. The van der Waals surface area contributed by atoms with Crippen LogP contribution in [0.15, 0.2) is 18.2 Å². The fraction of sp³-hybridized carbons (Fsp3) is 0.588. The third-order valence-electron chi connectivity index (χ3n) is 3.36. The van der Waals surface area contributed by atoms with Crippen molar-refractivity contribution in [3.8, 4) is 0 Å². The Bertz CT molecular complexity index is 530. The number of rotatable bonds is 6. The van der Waals surface area contributed by atoms with E-state index >= 15 is 0 Å². The molecule has 1 unspecified atom stereocenters. The lowest BCUT2D eigenvalue weighted by Crippen LogP contribution is -2.38. The van der Waals surface area contributed by atoms with Gasteiger partial charge in [-0.25, -0.2) is 9.18 Å². The van der Waals surface area contributed by atoms with Crippen LogP contribution in [-0.2, 0) is 4.74 Å². The summed E-state index contributed by atoms with van der Waals surface area (Å²) in [5.74, 6) is -0.0302. The summed E-state index contributed by atoms with van der Waals surface area (Å²) < 4.78 is 19.1. The molecule has 1 aromatic rings. The van der Waals surface area contributed by atoms with Crippen molar-refractivity contribution in [3.63, 3.8) is 0 Å². The molecule has 0 spiro atoms. The molecule has 0 saturated heterocycles. The van der Waals surface area contributed by atoms with Gasteiger partial charge >= 0.3 is 6.09 Å². The van der Waals surface area contributed by atoms with E-state index in [1.165, 1.54) is 6.07 Å². The maximum atomic E-state index is 13.9. The molecule has 0 bridgehead atoms. The summed E-state index contributed by atoms with van der Waals surface area (Å²) in [5, 5.41) is 5.90. The normalized spacial score (nSPS) is 12.9. The van der Waals surface area contributed by atoms with Crippen LogP contribution in [-0.4, -0.2) is 24.8 Å². The first-order valence-corrected chi connectivity index (χ1v) is 8.12. The molecule has 1 rings (SSSR count). The lowest BCUT2D eigenvalue weighted by molar-refractivity contribution is 0.0516. The van der Waals surface area contributed by atoms with E-state index in [0.717, 1.165) is 0 Å². The summed E-state index contributed by atoms with van der Waals surface area (Å²) in [6, 6.07) is 4.84. The predicted octanol–water partition coefficient (Wildman–Crippen LogP) is 4.69. The molecular weight excluding hydrogens is 319 g/mol. The van der Waals surface area contributed by atoms with Gasteiger partial charge in [0.15, 0.2) is 5.82 Å². The first-order chi connectivity index (χ1) is 10.6. The molecule has 0 radical (unpaired) electrons. The van der Waals surface area contributed by atoms with Crippen molar-refractivity contribution in [3.05, 3.63) is 29.0 Å². The van der Waals surface area contributed by atoms with E-state index < -0.39 is 17.5 Å². The van der Waals surface area contributed by atoms with Crippen LogP contribution >= 0.6 is 11.6 Å². The van der Waals surface area contributed by atoms with Gasteiger partial charge in [-0.1, -0.05) is 31.5 Å². The fourth-order valence-electron chi connectivity index (χ4n) is 1.95. The molecular formula is C17H26ClFN2O2. The number of nitrogens with one attached hydrogen (secondary N) is 2. The van der Waals surface area contributed by atoms with Gasteiger partial charge in [0.2, 0.25) is 0 Å². The molecule has 0 heterocycles. The van der Waals surface area contributed by atoms with E-state index in [1.54, 1.807) is 12.1 Å². The van der Waals surface area contributed by atoms with Crippen LogP contribution in [0.25, 0.3) is 0 Å². The lowest BCUT2D eigenvalue weighted by Gasteiger charge is -2.24. The van der Waals surface area contributed by atoms with E-state index in [9.17, 15) is 9.18 Å². The summed E-state index contributed by atoms with van der Waals surface area (Å²) >= 11 is 5.77. The number of ether oxygens (including phenoxy) is 1. The van der Waals surface area contributed by atoms with Crippen LogP contribution in [0.4, 0.5) is 14.9 Å². The van der Waals surface area contributed by atoms with E-state index in [1.807, 2.05) is 20.8 Å². The zero-order chi connectivity index (χ0) is 17.6. The fourth-order valence-corrected chi connectivity index (χ4v) is 2.13.